The van der Waals surface area contributed by atoms with Crippen molar-refractivity contribution in [2.75, 3.05) is 11.9 Å². The summed E-state index contributed by atoms with van der Waals surface area (Å²) >= 11 is 0. The molecule has 0 unspecified atom stereocenters. The van der Waals surface area contributed by atoms with Crippen LogP contribution in [0.2, 0.25) is 0 Å². The number of alkyl carbamates (subject to hydrolysis) is 1. The number of rotatable bonds is 11. The maximum Gasteiger partial charge on any atom is 0.408 e. The smallest absolute Gasteiger partial charge is 0.408 e. The molecule has 1 aromatic rings. The third-order valence-corrected chi connectivity index (χ3v) is 6.79. The van der Waals surface area contributed by atoms with Gasteiger partial charge in [-0.25, -0.2) is 9.18 Å². The molecule has 0 spiro atoms. The van der Waals surface area contributed by atoms with Crippen molar-refractivity contribution in [3.05, 3.63) is 29.1 Å². The number of carbonyl (C=O) groups is 4. The fraction of sp³-hybridized carbons (Fsp3) is 0.630. The first-order valence-electron chi connectivity index (χ1n) is 13.0. The molecule has 39 heavy (non-hydrogen) atoms. The van der Waals surface area contributed by atoms with E-state index in [4.69, 9.17) is 4.74 Å². The lowest BCUT2D eigenvalue weighted by atomic mass is 9.88. The van der Waals surface area contributed by atoms with Gasteiger partial charge in [-0.1, -0.05) is 0 Å². The average molecular weight is 558 g/mol. The third kappa shape index (κ3) is 8.93. The first-order valence-corrected chi connectivity index (χ1v) is 13.0. The zero-order chi connectivity index (χ0) is 29.1. The Morgan fingerprint density at radius 1 is 1.05 bits per heavy atom. The van der Waals surface area contributed by atoms with Gasteiger partial charge in [-0.2, -0.15) is 13.2 Å². The molecule has 2 aliphatic carbocycles. The molecule has 3 N–H and O–H groups in total. The highest BCUT2D eigenvalue weighted by Gasteiger charge is 2.48. The summed E-state index contributed by atoms with van der Waals surface area (Å²) in [7, 11) is 0. The molecule has 0 saturated heterocycles. The first-order chi connectivity index (χ1) is 18.1. The molecule has 1 aromatic carbocycles. The van der Waals surface area contributed by atoms with Crippen molar-refractivity contribution >= 4 is 29.9 Å². The number of aldehydes is 1. The standard InChI is InChI=1S/C27H35F4N3O5/c1-14(23(36)32-13-27(29,30)31)18-12-19(28)20(11-17(18)9-10-35)33-24(37)22(34-25(38)39-26(2,3)4)21(15-5-6-15)16-7-8-16/h10-12,14-16,21-22H,5-9,13H2,1-4H3,(H,32,36)(H,33,37)(H,34,38)/t14-,22-/m0/s1. The van der Waals surface area contributed by atoms with E-state index in [0.717, 1.165) is 31.7 Å². The van der Waals surface area contributed by atoms with E-state index in [1.165, 1.54) is 13.0 Å². The van der Waals surface area contributed by atoms with Gasteiger partial charge in [0.1, 0.15) is 30.3 Å². The van der Waals surface area contributed by atoms with Crippen molar-refractivity contribution in [1.82, 2.24) is 10.6 Å². The molecule has 0 aromatic heterocycles. The van der Waals surface area contributed by atoms with E-state index in [0.29, 0.717) is 6.29 Å². The van der Waals surface area contributed by atoms with Gasteiger partial charge in [0.2, 0.25) is 11.8 Å². The maximum absolute atomic E-state index is 15.2. The number of nitrogens with one attached hydrogen (secondary N) is 3. The van der Waals surface area contributed by atoms with Crippen LogP contribution in [-0.4, -0.2) is 48.6 Å². The predicted octanol–water partition coefficient (Wildman–Crippen LogP) is 4.62. The normalized spacial score (nSPS) is 17.3. The molecular weight excluding hydrogens is 522 g/mol. The highest BCUT2D eigenvalue weighted by Crippen LogP contribution is 2.51. The predicted molar refractivity (Wildman–Crippen MR) is 134 cm³/mol. The Hall–Kier alpha value is -3.18. The largest absolute Gasteiger partial charge is 0.444 e. The lowest BCUT2D eigenvalue weighted by molar-refractivity contribution is -0.139. The zero-order valence-electron chi connectivity index (χ0n) is 22.4. The number of amides is 3. The molecule has 3 amide bonds. The molecule has 2 atom stereocenters. The van der Waals surface area contributed by atoms with Gasteiger partial charge in [0, 0.05) is 6.42 Å². The summed E-state index contributed by atoms with van der Waals surface area (Å²) < 4.78 is 58.1. The summed E-state index contributed by atoms with van der Waals surface area (Å²) in [4.78, 5) is 49.6. The minimum atomic E-state index is -4.62. The average Bonchev–Trinajstić information content (AvgIpc) is 3.72. The molecular formula is C27H35F4N3O5. The van der Waals surface area contributed by atoms with Crippen LogP contribution < -0.4 is 16.0 Å². The van der Waals surface area contributed by atoms with Gasteiger partial charge in [-0.15, -0.1) is 0 Å². The fourth-order valence-electron chi connectivity index (χ4n) is 4.75. The number of anilines is 1. The molecule has 0 bridgehead atoms. The van der Waals surface area contributed by atoms with Gasteiger partial charge in [-0.3, -0.25) is 9.59 Å². The van der Waals surface area contributed by atoms with Crippen molar-refractivity contribution in [2.45, 2.75) is 83.5 Å². The molecule has 12 heteroatoms. The van der Waals surface area contributed by atoms with E-state index in [1.54, 1.807) is 26.1 Å². The topological polar surface area (TPSA) is 114 Å². The lowest BCUT2D eigenvalue weighted by Crippen LogP contribution is -2.51. The minimum absolute atomic E-state index is 0.0227. The number of ether oxygens (including phenoxy) is 1. The fourth-order valence-corrected chi connectivity index (χ4v) is 4.75. The highest BCUT2D eigenvalue weighted by molar-refractivity contribution is 5.97. The van der Waals surface area contributed by atoms with E-state index >= 15 is 4.39 Å². The van der Waals surface area contributed by atoms with Crippen LogP contribution in [0.25, 0.3) is 0 Å². The van der Waals surface area contributed by atoms with Gasteiger partial charge in [0.15, 0.2) is 0 Å². The van der Waals surface area contributed by atoms with E-state index < -0.39 is 54.0 Å². The number of hydrogen-bond donors (Lipinski definition) is 3. The molecule has 3 rings (SSSR count). The van der Waals surface area contributed by atoms with Gasteiger partial charge in [-0.05, 0) is 94.4 Å². The first kappa shape index (κ1) is 30.4. The van der Waals surface area contributed by atoms with Crippen molar-refractivity contribution in [2.24, 2.45) is 17.8 Å². The van der Waals surface area contributed by atoms with Crippen LogP contribution in [0, 0.1) is 23.6 Å². The maximum atomic E-state index is 15.2. The third-order valence-electron chi connectivity index (χ3n) is 6.79. The van der Waals surface area contributed by atoms with Crippen LogP contribution >= 0.6 is 0 Å². The Kier molecular flexibility index (Phi) is 9.27. The Bertz CT molecular complexity index is 1080. The van der Waals surface area contributed by atoms with Gasteiger partial charge in [0.25, 0.3) is 0 Å². The number of benzene rings is 1. The number of hydrogen-bond acceptors (Lipinski definition) is 5. The number of halogens is 4. The Balaban J connectivity index is 1.84. The molecule has 0 heterocycles. The van der Waals surface area contributed by atoms with E-state index in [9.17, 15) is 32.3 Å². The summed E-state index contributed by atoms with van der Waals surface area (Å²) in [6.45, 7) is 4.82. The Morgan fingerprint density at radius 3 is 2.13 bits per heavy atom. The van der Waals surface area contributed by atoms with Gasteiger partial charge >= 0.3 is 12.3 Å². The lowest BCUT2D eigenvalue weighted by Gasteiger charge is -2.29. The van der Waals surface area contributed by atoms with Crippen LogP contribution in [0.15, 0.2) is 12.1 Å². The van der Waals surface area contributed by atoms with Crippen molar-refractivity contribution < 1.29 is 41.5 Å². The second kappa shape index (κ2) is 11.9. The Morgan fingerprint density at radius 2 is 1.64 bits per heavy atom. The van der Waals surface area contributed by atoms with Crippen molar-refractivity contribution in [3.8, 4) is 0 Å². The van der Waals surface area contributed by atoms with Crippen LogP contribution in [0.4, 0.5) is 28.0 Å². The van der Waals surface area contributed by atoms with Crippen molar-refractivity contribution in [1.29, 1.82) is 0 Å². The Labute approximate surface area is 224 Å². The molecule has 2 fully saturated rings. The molecule has 0 aliphatic heterocycles. The van der Waals surface area contributed by atoms with Gasteiger partial charge < -0.3 is 25.5 Å². The van der Waals surface area contributed by atoms with E-state index in [1.807, 2.05) is 0 Å². The van der Waals surface area contributed by atoms with Gasteiger partial charge in [0.05, 0.1) is 11.6 Å². The molecule has 8 nitrogen and oxygen atoms in total. The summed E-state index contributed by atoms with van der Waals surface area (Å²) in [5.41, 5.74) is -0.873. The SMILES string of the molecule is C[C@H](C(=O)NCC(F)(F)F)c1cc(F)c(NC(=O)[C@@H](NC(=O)OC(C)(C)C)C(C2CC2)C2CC2)cc1CC=O. The second-order valence-electron chi connectivity index (χ2n) is 11.3. The van der Waals surface area contributed by atoms with E-state index in [2.05, 4.69) is 10.6 Å². The summed E-state index contributed by atoms with van der Waals surface area (Å²) in [6.07, 6.45) is -1.48. The second-order valence-corrected chi connectivity index (χ2v) is 11.3. The van der Waals surface area contributed by atoms with E-state index in [-0.39, 0.29) is 41.0 Å². The quantitative estimate of drug-likeness (QED) is 0.272. The van der Waals surface area contributed by atoms with Crippen LogP contribution in [0.1, 0.15) is 70.4 Å². The zero-order valence-corrected chi connectivity index (χ0v) is 22.4. The number of carbonyl (C=O) groups excluding carboxylic acids is 4. The molecule has 216 valence electrons. The monoisotopic (exact) mass is 557 g/mol. The minimum Gasteiger partial charge on any atom is -0.444 e. The molecule has 2 saturated carbocycles. The summed E-state index contributed by atoms with van der Waals surface area (Å²) in [5.74, 6) is -3.43. The van der Waals surface area contributed by atoms with Crippen molar-refractivity contribution in [3.63, 3.8) is 0 Å². The molecule has 0 radical (unpaired) electrons. The van der Waals surface area contributed by atoms with Crippen LogP contribution in [0.5, 0.6) is 0 Å². The highest BCUT2D eigenvalue weighted by atomic mass is 19.4. The van der Waals surface area contributed by atoms with Crippen LogP contribution in [-0.2, 0) is 25.5 Å². The summed E-state index contributed by atoms with van der Waals surface area (Å²) in [5, 5.41) is 6.94. The number of alkyl halides is 3. The molecule has 2 aliphatic rings. The van der Waals surface area contributed by atoms with Crippen LogP contribution in [0.3, 0.4) is 0 Å². The summed E-state index contributed by atoms with van der Waals surface area (Å²) in [6, 6.07) is 1.14.